The number of amides is 1. The van der Waals surface area contributed by atoms with Crippen molar-refractivity contribution in [2.75, 3.05) is 11.4 Å². The number of hydrogen-bond acceptors (Lipinski definition) is 2. The number of rotatable bonds is 1. The molecule has 0 spiro atoms. The molecule has 21 heavy (non-hydrogen) atoms. The van der Waals surface area contributed by atoms with Crippen LogP contribution in [0.1, 0.15) is 32.7 Å². The van der Waals surface area contributed by atoms with E-state index in [4.69, 9.17) is 0 Å². The number of aryl methyl sites for hydroxylation is 1. The zero-order valence-corrected chi connectivity index (χ0v) is 13.2. The summed E-state index contributed by atoms with van der Waals surface area (Å²) < 4.78 is 0.950. The Bertz CT molecular complexity index is 739. The van der Waals surface area contributed by atoms with Gasteiger partial charge in [0.2, 0.25) is 0 Å². The van der Waals surface area contributed by atoms with Crippen molar-refractivity contribution in [3.05, 3.63) is 63.6 Å². The van der Waals surface area contributed by atoms with Crippen molar-refractivity contribution in [1.82, 2.24) is 0 Å². The fourth-order valence-corrected chi connectivity index (χ4v) is 3.11. The van der Waals surface area contributed by atoms with E-state index in [2.05, 4.69) is 15.9 Å². The molecule has 0 aromatic heterocycles. The normalized spacial score (nSPS) is 14.0. The van der Waals surface area contributed by atoms with E-state index in [1.54, 1.807) is 11.0 Å². The highest BCUT2D eigenvalue weighted by Crippen LogP contribution is 2.29. The van der Waals surface area contributed by atoms with Crippen molar-refractivity contribution in [2.24, 2.45) is 0 Å². The summed E-state index contributed by atoms with van der Waals surface area (Å²) in [5.41, 5.74) is 2.93. The van der Waals surface area contributed by atoms with Crippen LogP contribution >= 0.6 is 15.9 Å². The minimum Gasteiger partial charge on any atom is -0.307 e. The molecule has 2 aromatic carbocycles. The Morgan fingerprint density at radius 2 is 1.95 bits per heavy atom. The van der Waals surface area contributed by atoms with Gasteiger partial charge < -0.3 is 4.90 Å². The molecule has 0 aliphatic carbocycles. The monoisotopic (exact) mass is 343 g/mol. The number of anilines is 1. The van der Waals surface area contributed by atoms with Gasteiger partial charge in [0.25, 0.3) is 5.91 Å². The van der Waals surface area contributed by atoms with Gasteiger partial charge in [-0.2, -0.15) is 0 Å². The van der Waals surface area contributed by atoms with Crippen molar-refractivity contribution in [3.8, 4) is 0 Å². The maximum atomic E-state index is 12.8. The quantitative estimate of drug-likeness (QED) is 0.784. The van der Waals surface area contributed by atoms with E-state index < -0.39 is 0 Å². The van der Waals surface area contributed by atoms with Gasteiger partial charge in [-0.3, -0.25) is 9.59 Å². The largest absolute Gasteiger partial charge is 0.307 e. The van der Waals surface area contributed by atoms with Crippen LogP contribution < -0.4 is 4.90 Å². The summed E-state index contributed by atoms with van der Waals surface area (Å²) in [7, 11) is 0. The van der Waals surface area contributed by atoms with Gasteiger partial charge in [-0.1, -0.05) is 28.1 Å². The minimum absolute atomic E-state index is 0.0556. The van der Waals surface area contributed by atoms with Crippen molar-refractivity contribution in [3.63, 3.8) is 0 Å². The predicted molar refractivity (Wildman–Crippen MR) is 85.9 cm³/mol. The Hall–Kier alpha value is -1.94. The molecule has 3 rings (SSSR count). The van der Waals surface area contributed by atoms with Crippen LogP contribution in [0.2, 0.25) is 0 Å². The lowest BCUT2D eigenvalue weighted by Gasteiger charge is -2.29. The van der Waals surface area contributed by atoms with Crippen LogP contribution in [0.5, 0.6) is 0 Å². The molecule has 1 aliphatic rings. The minimum atomic E-state index is -0.0556. The standard InChI is InChI=1S/C17H14BrNO2/c1-11-10-12(18)6-7-13(11)17(21)19-9-8-16(20)14-4-2-3-5-15(14)19/h2-7,10H,8-9H2,1H3. The summed E-state index contributed by atoms with van der Waals surface area (Å²) in [5.74, 6) is 0.0436. The fraction of sp³-hybridized carbons (Fsp3) is 0.176. The van der Waals surface area contributed by atoms with Gasteiger partial charge in [-0.05, 0) is 42.8 Å². The van der Waals surface area contributed by atoms with Gasteiger partial charge in [-0.25, -0.2) is 0 Å². The van der Waals surface area contributed by atoms with Crippen LogP contribution in [0, 0.1) is 6.92 Å². The highest BCUT2D eigenvalue weighted by atomic mass is 79.9. The summed E-state index contributed by atoms with van der Waals surface area (Å²) in [6, 6.07) is 12.9. The van der Waals surface area contributed by atoms with Crippen molar-refractivity contribution in [2.45, 2.75) is 13.3 Å². The first kappa shape index (κ1) is 14.0. The highest BCUT2D eigenvalue weighted by molar-refractivity contribution is 9.10. The van der Waals surface area contributed by atoms with Crippen molar-refractivity contribution >= 4 is 33.3 Å². The second-order valence-electron chi connectivity index (χ2n) is 5.11. The number of carbonyl (C=O) groups excluding carboxylic acids is 2. The molecule has 4 heteroatoms. The number of carbonyl (C=O) groups is 2. The lowest BCUT2D eigenvalue weighted by molar-refractivity contribution is 0.0955. The zero-order valence-electron chi connectivity index (χ0n) is 11.6. The molecule has 0 unspecified atom stereocenters. The first-order chi connectivity index (χ1) is 10.1. The third-order valence-corrected chi connectivity index (χ3v) is 4.21. The number of para-hydroxylation sites is 1. The second kappa shape index (κ2) is 5.45. The molecule has 2 aromatic rings. The predicted octanol–water partition coefficient (Wildman–Crippen LogP) is 3.99. The van der Waals surface area contributed by atoms with Gasteiger partial charge >= 0.3 is 0 Å². The number of halogens is 1. The molecule has 0 radical (unpaired) electrons. The topological polar surface area (TPSA) is 37.4 Å². The van der Waals surface area contributed by atoms with Crippen molar-refractivity contribution < 1.29 is 9.59 Å². The van der Waals surface area contributed by atoms with Crippen LogP contribution in [-0.2, 0) is 0 Å². The van der Waals surface area contributed by atoms with Gasteiger partial charge in [-0.15, -0.1) is 0 Å². The lowest BCUT2D eigenvalue weighted by Crippen LogP contribution is -2.37. The van der Waals surface area contributed by atoms with E-state index in [9.17, 15) is 9.59 Å². The van der Waals surface area contributed by atoms with Crippen LogP contribution in [0.4, 0.5) is 5.69 Å². The number of fused-ring (bicyclic) bond motifs is 1. The molecule has 0 fully saturated rings. The van der Waals surface area contributed by atoms with Crippen molar-refractivity contribution in [1.29, 1.82) is 0 Å². The molecular weight excluding hydrogens is 330 g/mol. The molecular formula is C17H14BrNO2. The van der Waals surface area contributed by atoms with E-state index in [0.29, 0.717) is 29.8 Å². The Morgan fingerprint density at radius 3 is 2.71 bits per heavy atom. The summed E-state index contributed by atoms with van der Waals surface area (Å²) in [6.45, 7) is 2.35. The van der Waals surface area contributed by atoms with E-state index in [0.717, 1.165) is 10.0 Å². The Labute approximate surface area is 131 Å². The summed E-state index contributed by atoms with van der Waals surface area (Å²) >= 11 is 3.41. The summed E-state index contributed by atoms with van der Waals surface area (Å²) in [5, 5.41) is 0. The van der Waals surface area contributed by atoms with E-state index >= 15 is 0 Å². The number of nitrogens with zero attached hydrogens (tertiary/aromatic N) is 1. The third kappa shape index (κ3) is 2.51. The van der Waals surface area contributed by atoms with Crippen LogP contribution in [0.3, 0.4) is 0 Å². The number of ketones is 1. The number of benzene rings is 2. The zero-order chi connectivity index (χ0) is 15.0. The maximum absolute atomic E-state index is 12.8. The Kier molecular flexibility index (Phi) is 3.64. The maximum Gasteiger partial charge on any atom is 0.258 e. The van der Waals surface area contributed by atoms with Gasteiger partial charge in [0.15, 0.2) is 5.78 Å². The molecule has 106 valence electrons. The van der Waals surface area contributed by atoms with Gasteiger partial charge in [0.1, 0.15) is 0 Å². The average Bonchev–Trinajstić information content (AvgIpc) is 2.47. The van der Waals surface area contributed by atoms with E-state index in [1.807, 2.05) is 43.3 Å². The van der Waals surface area contributed by atoms with Crippen LogP contribution in [-0.4, -0.2) is 18.2 Å². The van der Waals surface area contributed by atoms with Gasteiger partial charge in [0, 0.05) is 28.6 Å². The molecule has 0 saturated heterocycles. The van der Waals surface area contributed by atoms with Crippen LogP contribution in [0.25, 0.3) is 0 Å². The number of hydrogen-bond donors (Lipinski definition) is 0. The Balaban J connectivity index is 2.03. The SMILES string of the molecule is Cc1cc(Br)ccc1C(=O)N1CCC(=O)c2ccccc21. The molecule has 0 atom stereocenters. The lowest BCUT2D eigenvalue weighted by atomic mass is 9.99. The Morgan fingerprint density at radius 1 is 1.19 bits per heavy atom. The first-order valence-corrected chi connectivity index (χ1v) is 7.57. The highest BCUT2D eigenvalue weighted by Gasteiger charge is 2.28. The molecule has 3 nitrogen and oxygen atoms in total. The van der Waals surface area contributed by atoms with E-state index in [1.165, 1.54) is 0 Å². The van der Waals surface area contributed by atoms with E-state index in [-0.39, 0.29) is 11.7 Å². The second-order valence-corrected chi connectivity index (χ2v) is 6.02. The van der Waals surface area contributed by atoms with Gasteiger partial charge in [0.05, 0.1) is 5.69 Å². The molecule has 1 amide bonds. The summed E-state index contributed by atoms with van der Waals surface area (Å²) in [6.07, 6.45) is 0.373. The third-order valence-electron chi connectivity index (χ3n) is 3.72. The molecule has 0 saturated carbocycles. The molecule has 1 heterocycles. The molecule has 0 N–H and O–H groups in total. The first-order valence-electron chi connectivity index (χ1n) is 6.78. The van der Waals surface area contributed by atoms with Crippen LogP contribution in [0.15, 0.2) is 46.9 Å². The summed E-state index contributed by atoms with van der Waals surface area (Å²) in [4.78, 5) is 26.5. The fourth-order valence-electron chi connectivity index (χ4n) is 2.64. The number of Topliss-reactive ketones (excluding diaryl/α,β-unsaturated/α-hetero) is 1. The average molecular weight is 344 g/mol. The smallest absolute Gasteiger partial charge is 0.258 e. The molecule has 0 bridgehead atoms. The molecule has 1 aliphatic heterocycles.